The Labute approximate surface area is 141 Å². The van der Waals surface area contributed by atoms with Crippen LogP contribution in [0.3, 0.4) is 0 Å². The van der Waals surface area contributed by atoms with Crippen molar-refractivity contribution < 1.29 is 19.4 Å². The number of hydrogen-bond donors (Lipinski definition) is 2. The highest BCUT2D eigenvalue weighted by Crippen LogP contribution is 2.16. The second kappa shape index (κ2) is 8.72. The van der Waals surface area contributed by atoms with Crippen LogP contribution < -0.4 is 10.1 Å². The van der Waals surface area contributed by atoms with Gasteiger partial charge in [-0.2, -0.15) is 0 Å². The van der Waals surface area contributed by atoms with Crippen LogP contribution in [0.2, 0.25) is 0 Å². The van der Waals surface area contributed by atoms with Gasteiger partial charge in [-0.05, 0) is 41.8 Å². The highest BCUT2D eigenvalue weighted by molar-refractivity contribution is 5.92. The molecule has 0 radical (unpaired) electrons. The largest absolute Gasteiger partial charge is 0.494 e. The lowest BCUT2D eigenvalue weighted by atomic mass is 10.1. The molecule has 1 amide bonds. The maximum Gasteiger partial charge on any atom is 0.307 e. The summed E-state index contributed by atoms with van der Waals surface area (Å²) in [7, 11) is 0. The molecule has 5 nitrogen and oxygen atoms in total. The van der Waals surface area contributed by atoms with E-state index in [1.54, 1.807) is 24.3 Å². The maximum absolute atomic E-state index is 12.2. The van der Waals surface area contributed by atoms with Crippen LogP contribution in [0, 0.1) is 0 Å². The van der Waals surface area contributed by atoms with Crippen molar-refractivity contribution in [2.45, 2.75) is 26.2 Å². The number of anilines is 1. The second-order valence-corrected chi connectivity index (χ2v) is 5.49. The summed E-state index contributed by atoms with van der Waals surface area (Å²) in [5.41, 5.74) is 2.11. The van der Waals surface area contributed by atoms with Gasteiger partial charge < -0.3 is 15.2 Å². The van der Waals surface area contributed by atoms with E-state index in [0.29, 0.717) is 17.9 Å². The van der Waals surface area contributed by atoms with Crippen LogP contribution in [0.4, 0.5) is 5.69 Å². The molecule has 0 saturated carbocycles. The van der Waals surface area contributed by atoms with E-state index in [2.05, 4.69) is 5.32 Å². The average molecular weight is 327 g/mol. The minimum atomic E-state index is -0.901. The third-order valence-corrected chi connectivity index (χ3v) is 3.30. The van der Waals surface area contributed by atoms with E-state index in [0.717, 1.165) is 17.7 Å². The Morgan fingerprint density at radius 1 is 1.04 bits per heavy atom. The molecule has 0 unspecified atom stereocenters. The standard InChI is InChI=1S/C19H21NO4/c1-2-9-24-17-8-4-6-15(11-17)12-18(21)20-16-7-3-5-14(10-16)13-19(22)23/h3-8,10-11H,2,9,12-13H2,1H3,(H,20,21)(H,22,23). The fourth-order valence-corrected chi connectivity index (χ4v) is 2.29. The molecule has 0 aliphatic rings. The van der Waals surface area contributed by atoms with Gasteiger partial charge in [0, 0.05) is 5.69 Å². The number of carbonyl (C=O) groups excluding carboxylic acids is 1. The predicted octanol–water partition coefficient (Wildman–Crippen LogP) is 3.28. The van der Waals surface area contributed by atoms with Gasteiger partial charge in [0.1, 0.15) is 5.75 Å². The molecule has 0 aliphatic heterocycles. The maximum atomic E-state index is 12.2. The molecule has 24 heavy (non-hydrogen) atoms. The smallest absolute Gasteiger partial charge is 0.307 e. The van der Waals surface area contributed by atoms with Gasteiger partial charge in [-0.25, -0.2) is 0 Å². The molecule has 0 atom stereocenters. The number of rotatable bonds is 8. The van der Waals surface area contributed by atoms with Gasteiger partial charge in [0.15, 0.2) is 0 Å². The van der Waals surface area contributed by atoms with Crippen molar-refractivity contribution in [3.8, 4) is 5.75 Å². The number of aliphatic carboxylic acids is 1. The first-order valence-electron chi connectivity index (χ1n) is 7.89. The summed E-state index contributed by atoms with van der Waals surface area (Å²) in [6.07, 6.45) is 1.09. The summed E-state index contributed by atoms with van der Waals surface area (Å²) < 4.78 is 5.56. The van der Waals surface area contributed by atoms with Gasteiger partial charge in [-0.1, -0.05) is 31.2 Å². The van der Waals surface area contributed by atoms with E-state index >= 15 is 0 Å². The number of hydrogen-bond acceptors (Lipinski definition) is 3. The molecule has 2 N–H and O–H groups in total. The van der Waals surface area contributed by atoms with E-state index in [1.165, 1.54) is 0 Å². The topological polar surface area (TPSA) is 75.6 Å². The average Bonchev–Trinajstić information content (AvgIpc) is 2.53. The number of carboxylic acids is 1. The Balaban J connectivity index is 1.97. The van der Waals surface area contributed by atoms with Crippen molar-refractivity contribution in [2.75, 3.05) is 11.9 Å². The molecule has 0 aliphatic carbocycles. The van der Waals surface area contributed by atoms with Gasteiger partial charge >= 0.3 is 5.97 Å². The monoisotopic (exact) mass is 327 g/mol. The van der Waals surface area contributed by atoms with E-state index in [9.17, 15) is 9.59 Å². The summed E-state index contributed by atoms with van der Waals surface area (Å²) in [6, 6.07) is 14.3. The van der Waals surface area contributed by atoms with Crippen molar-refractivity contribution in [3.05, 3.63) is 59.7 Å². The zero-order valence-corrected chi connectivity index (χ0v) is 13.6. The van der Waals surface area contributed by atoms with Crippen molar-refractivity contribution in [3.63, 3.8) is 0 Å². The molecule has 2 aromatic rings. The zero-order valence-electron chi connectivity index (χ0n) is 13.6. The molecule has 0 aromatic heterocycles. The molecule has 0 fully saturated rings. The summed E-state index contributed by atoms with van der Waals surface area (Å²) in [4.78, 5) is 22.9. The first-order valence-corrected chi connectivity index (χ1v) is 7.89. The SMILES string of the molecule is CCCOc1cccc(CC(=O)Nc2cccc(CC(=O)O)c2)c1. The first-order chi connectivity index (χ1) is 11.6. The van der Waals surface area contributed by atoms with E-state index in [-0.39, 0.29) is 18.7 Å². The fraction of sp³-hybridized carbons (Fsp3) is 0.263. The number of ether oxygens (including phenoxy) is 1. The van der Waals surface area contributed by atoms with E-state index < -0.39 is 5.97 Å². The minimum Gasteiger partial charge on any atom is -0.494 e. The molecule has 126 valence electrons. The summed E-state index contributed by atoms with van der Waals surface area (Å²) in [5.74, 6) is -0.303. The van der Waals surface area contributed by atoms with E-state index in [4.69, 9.17) is 9.84 Å². The number of amides is 1. The van der Waals surface area contributed by atoms with Crippen molar-refractivity contribution in [1.82, 2.24) is 0 Å². The zero-order chi connectivity index (χ0) is 17.4. The van der Waals surface area contributed by atoms with Crippen molar-refractivity contribution in [1.29, 1.82) is 0 Å². The molecule has 0 heterocycles. The Bertz CT molecular complexity index is 712. The Morgan fingerprint density at radius 2 is 1.75 bits per heavy atom. The lowest BCUT2D eigenvalue weighted by Crippen LogP contribution is -2.14. The van der Waals surface area contributed by atoms with Gasteiger partial charge in [-0.15, -0.1) is 0 Å². The third kappa shape index (κ3) is 5.76. The summed E-state index contributed by atoms with van der Waals surface area (Å²) in [6.45, 7) is 2.68. The number of carbonyl (C=O) groups is 2. The lowest BCUT2D eigenvalue weighted by Gasteiger charge is -2.09. The van der Waals surface area contributed by atoms with Crippen LogP contribution in [0.1, 0.15) is 24.5 Å². The quantitative estimate of drug-likeness (QED) is 0.780. The Hall–Kier alpha value is -2.82. The van der Waals surface area contributed by atoms with Crippen LogP contribution in [0.5, 0.6) is 5.75 Å². The molecule has 2 rings (SSSR count). The van der Waals surface area contributed by atoms with Gasteiger partial charge in [0.25, 0.3) is 0 Å². The summed E-state index contributed by atoms with van der Waals surface area (Å²) >= 11 is 0. The van der Waals surface area contributed by atoms with E-state index in [1.807, 2.05) is 31.2 Å². The molecule has 0 spiro atoms. The highest BCUT2D eigenvalue weighted by atomic mass is 16.5. The third-order valence-electron chi connectivity index (χ3n) is 3.30. The molecule has 0 saturated heterocycles. The Kier molecular flexibility index (Phi) is 6.37. The van der Waals surface area contributed by atoms with Crippen LogP contribution in [-0.2, 0) is 22.4 Å². The Morgan fingerprint density at radius 3 is 2.46 bits per heavy atom. The fourth-order valence-electron chi connectivity index (χ4n) is 2.29. The number of carboxylic acid groups (broad SMARTS) is 1. The molecular formula is C19H21NO4. The normalized spacial score (nSPS) is 10.2. The van der Waals surface area contributed by atoms with Crippen LogP contribution in [0.25, 0.3) is 0 Å². The van der Waals surface area contributed by atoms with Crippen LogP contribution in [0.15, 0.2) is 48.5 Å². The van der Waals surface area contributed by atoms with Gasteiger partial charge in [-0.3, -0.25) is 9.59 Å². The molecular weight excluding hydrogens is 306 g/mol. The van der Waals surface area contributed by atoms with Crippen molar-refractivity contribution in [2.24, 2.45) is 0 Å². The van der Waals surface area contributed by atoms with Gasteiger partial charge in [0.05, 0.1) is 19.4 Å². The molecule has 5 heteroatoms. The number of nitrogens with one attached hydrogen (secondary N) is 1. The number of benzene rings is 2. The lowest BCUT2D eigenvalue weighted by molar-refractivity contribution is -0.136. The van der Waals surface area contributed by atoms with Crippen LogP contribution >= 0.6 is 0 Å². The molecule has 0 bridgehead atoms. The first kappa shape index (κ1) is 17.5. The highest BCUT2D eigenvalue weighted by Gasteiger charge is 2.07. The molecule has 2 aromatic carbocycles. The second-order valence-electron chi connectivity index (χ2n) is 5.49. The summed E-state index contributed by atoms with van der Waals surface area (Å²) in [5, 5.41) is 11.6. The van der Waals surface area contributed by atoms with Crippen molar-refractivity contribution >= 4 is 17.6 Å². The predicted molar refractivity (Wildman–Crippen MR) is 92.3 cm³/mol. The van der Waals surface area contributed by atoms with Gasteiger partial charge in [0.2, 0.25) is 5.91 Å². The van der Waals surface area contributed by atoms with Crippen LogP contribution in [-0.4, -0.2) is 23.6 Å². The minimum absolute atomic E-state index is 0.0689.